The zero-order valence-corrected chi connectivity index (χ0v) is 8.19. The molecule has 0 aliphatic heterocycles. The fourth-order valence-corrected chi connectivity index (χ4v) is 0.884. The van der Waals surface area contributed by atoms with E-state index in [1.54, 1.807) is 18.2 Å². The van der Waals surface area contributed by atoms with Gasteiger partial charge in [0.05, 0.1) is 5.69 Å². The van der Waals surface area contributed by atoms with Crippen LogP contribution in [0.5, 0.6) is 0 Å². The van der Waals surface area contributed by atoms with E-state index in [-0.39, 0.29) is 5.71 Å². The molecule has 0 heterocycles. The summed E-state index contributed by atoms with van der Waals surface area (Å²) in [7, 11) is 0. The lowest BCUT2D eigenvalue weighted by Crippen LogP contribution is -2.22. The van der Waals surface area contributed by atoms with E-state index in [2.05, 4.69) is 10.5 Å². The zero-order chi connectivity index (χ0) is 11.3. The Morgan fingerprint density at radius 3 is 2.53 bits per heavy atom. The molecule has 0 aliphatic carbocycles. The molecule has 0 spiro atoms. The molecule has 0 saturated heterocycles. The van der Waals surface area contributed by atoms with Crippen molar-refractivity contribution in [3.05, 3.63) is 29.8 Å². The summed E-state index contributed by atoms with van der Waals surface area (Å²) < 4.78 is 0. The third kappa shape index (κ3) is 3.12. The summed E-state index contributed by atoms with van der Waals surface area (Å²) in [6.45, 7) is 1.96. The van der Waals surface area contributed by atoms with Gasteiger partial charge in [-0.15, -0.1) is 0 Å². The highest BCUT2D eigenvalue weighted by atomic mass is 16.1. The lowest BCUT2D eigenvalue weighted by Gasteiger charge is -2.00. The molecule has 0 atom stereocenters. The number of nitrogens with two attached hydrogens (primary N) is 1. The molecule has 1 amide bonds. The van der Waals surface area contributed by atoms with Crippen molar-refractivity contribution < 1.29 is 4.79 Å². The van der Waals surface area contributed by atoms with Gasteiger partial charge in [0.15, 0.2) is 0 Å². The molecule has 3 N–H and O–H groups in total. The van der Waals surface area contributed by atoms with Crippen molar-refractivity contribution in [2.24, 2.45) is 10.8 Å². The second-order valence-electron chi connectivity index (χ2n) is 2.91. The molecule has 1 rings (SSSR count). The van der Waals surface area contributed by atoms with Crippen molar-refractivity contribution in [2.75, 3.05) is 5.43 Å². The standard InChI is InChI=1S/C10H10N4O/c1-7-2-4-8(5-3-7)13-14-9(6-11)10(12)15/h2-5,13H,1H3,(H2,12,15)/b14-9+. The number of nitrogens with zero attached hydrogens (tertiary/aromatic N) is 2. The van der Waals surface area contributed by atoms with Crippen LogP contribution in [0.25, 0.3) is 0 Å². The normalized spacial score (nSPS) is 10.5. The first-order valence-corrected chi connectivity index (χ1v) is 4.23. The number of hydrogen-bond acceptors (Lipinski definition) is 4. The topological polar surface area (TPSA) is 91.3 Å². The van der Waals surface area contributed by atoms with Crippen LogP contribution < -0.4 is 11.2 Å². The van der Waals surface area contributed by atoms with Gasteiger partial charge in [0.1, 0.15) is 6.07 Å². The van der Waals surface area contributed by atoms with Gasteiger partial charge in [-0.1, -0.05) is 17.7 Å². The lowest BCUT2D eigenvalue weighted by molar-refractivity contribution is -0.111. The van der Waals surface area contributed by atoms with Crippen LogP contribution in [0.15, 0.2) is 29.4 Å². The van der Waals surface area contributed by atoms with E-state index in [4.69, 9.17) is 11.0 Å². The highest BCUT2D eigenvalue weighted by molar-refractivity contribution is 6.44. The number of benzene rings is 1. The van der Waals surface area contributed by atoms with Crippen molar-refractivity contribution >= 4 is 17.3 Å². The monoisotopic (exact) mass is 202 g/mol. The predicted molar refractivity (Wildman–Crippen MR) is 57.0 cm³/mol. The molecule has 0 saturated carbocycles. The lowest BCUT2D eigenvalue weighted by atomic mass is 10.2. The number of amides is 1. The molecule has 0 unspecified atom stereocenters. The Hall–Kier alpha value is -2.35. The van der Waals surface area contributed by atoms with E-state index in [9.17, 15) is 4.79 Å². The number of carbonyl (C=O) groups excluding carboxylic acids is 1. The molecule has 0 radical (unpaired) electrons. The number of rotatable bonds is 3. The summed E-state index contributed by atoms with van der Waals surface area (Å²) in [5.41, 5.74) is 8.92. The van der Waals surface area contributed by atoms with E-state index in [0.29, 0.717) is 5.69 Å². The minimum Gasteiger partial charge on any atom is -0.364 e. The molecule has 0 aliphatic rings. The molecule has 15 heavy (non-hydrogen) atoms. The summed E-state index contributed by atoms with van der Waals surface area (Å²) in [6, 6.07) is 8.94. The maximum atomic E-state index is 10.6. The van der Waals surface area contributed by atoms with Gasteiger partial charge in [-0.2, -0.15) is 10.4 Å². The maximum Gasteiger partial charge on any atom is 0.280 e. The predicted octanol–water partition coefficient (Wildman–Crippen LogP) is 0.772. The summed E-state index contributed by atoms with van der Waals surface area (Å²) in [5, 5.41) is 12.1. The third-order valence-corrected chi connectivity index (χ3v) is 1.69. The first-order chi connectivity index (χ1) is 7.13. The van der Waals surface area contributed by atoms with Gasteiger partial charge in [-0.3, -0.25) is 10.2 Å². The van der Waals surface area contributed by atoms with E-state index in [1.807, 2.05) is 19.1 Å². The second-order valence-corrected chi connectivity index (χ2v) is 2.91. The second kappa shape index (κ2) is 4.77. The Bertz CT molecular complexity index is 428. The number of anilines is 1. The zero-order valence-electron chi connectivity index (χ0n) is 8.19. The average molecular weight is 202 g/mol. The van der Waals surface area contributed by atoms with Crippen LogP contribution in [0, 0.1) is 18.3 Å². The average Bonchev–Trinajstić information content (AvgIpc) is 2.21. The smallest absolute Gasteiger partial charge is 0.280 e. The van der Waals surface area contributed by atoms with E-state index >= 15 is 0 Å². The van der Waals surface area contributed by atoms with Gasteiger partial charge in [-0.05, 0) is 19.1 Å². The van der Waals surface area contributed by atoms with Crippen molar-refractivity contribution in [1.29, 1.82) is 5.26 Å². The van der Waals surface area contributed by atoms with Crippen LogP contribution >= 0.6 is 0 Å². The number of hydrogen-bond donors (Lipinski definition) is 2. The van der Waals surface area contributed by atoms with Crippen LogP contribution in [0.3, 0.4) is 0 Å². The summed E-state index contributed by atoms with van der Waals surface area (Å²) >= 11 is 0. The van der Waals surface area contributed by atoms with Crippen LogP contribution in [-0.2, 0) is 4.79 Å². The first-order valence-electron chi connectivity index (χ1n) is 4.23. The molecular weight excluding hydrogens is 192 g/mol. The molecule has 5 nitrogen and oxygen atoms in total. The molecule has 0 bridgehead atoms. The van der Waals surface area contributed by atoms with Crippen LogP contribution in [0.2, 0.25) is 0 Å². The Labute approximate surface area is 87.2 Å². The fourth-order valence-electron chi connectivity index (χ4n) is 0.884. The van der Waals surface area contributed by atoms with Crippen LogP contribution in [0.1, 0.15) is 5.56 Å². The van der Waals surface area contributed by atoms with Crippen LogP contribution in [0.4, 0.5) is 5.69 Å². The van der Waals surface area contributed by atoms with Gasteiger partial charge >= 0.3 is 0 Å². The van der Waals surface area contributed by atoms with E-state index in [0.717, 1.165) is 5.56 Å². The molecular formula is C10H10N4O. The Morgan fingerprint density at radius 2 is 2.07 bits per heavy atom. The molecule has 76 valence electrons. The number of aryl methyl sites for hydroxylation is 1. The van der Waals surface area contributed by atoms with Gasteiger partial charge in [0.25, 0.3) is 5.91 Å². The number of hydrazone groups is 1. The quantitative estimate of drug-likeness (QED) is 0.560. The van der Waals surface area contributed by atoms with Gasteiger partial charge in [0.2, 0.25) is 5.71 Å². The van der Waals surface area contributed by atoms with Crippen molar-refractivity contribution in [1.82, 2.24) is 0 Å². The van der Waals surface area contributed by atoms with Crippen molar-refractivity contribution in [3.63, 3.8) is 0 Å². The van der Waals surface area contributed by atoms with Crippen molar-refractivity contribution in [2.45, 2.75) is 6.92 Å². The summed E-state index contributed by atoms with van der Waals surface area (Å²) in [4.78, 5) is 10.6. The SMILES string of the molecule is Cc1ccc(N/N=C(\C#N)C(N)=O)cc1. The Kier molecular flexibility index (Phi) is 3.41. The van der Waals surface area contributed by atoms with Gasteiger partial charge < -0.3 is 5.73 Å². The first kappa shape index (κ1) is 10.7. The minimum atomic E-state index is -0.850. The van der Waals surface area contributed by atoms with Gasteiger partial charge in [-0.25, -0.2) is 0 Å². The molecule has 1 aromatic carbocycles. The largest absolute Gasteiger partial charge is 0.364 e. The third-order valence-electron chi connectivity index (χ3n) is 1.69. The summed E-state index contributed by atoms with van der Waals surface area (Å²) in [6.07, 6.45) is 0. The van der Waals surface area contributed by atoms with Gasteiger partial charge in [0, 0.05) is 0 Å². The Morgan fingerprint density at radius 1 is 1.47 bits per heavy atom. The van der Waals surface area contributed by atoms with E-state index < -0.39 is 5.91 Å². The highest BCUT2D eigenvalue weighted by Gasteiger charge is 2.04. The van der Waals surface area contributed by atoms with Crippen LogP contribution in [-0.4, -0.2) is 11.6 Å². The summed E-state index contributed by atoms with van der Waals surface area (Å²) in [5.74, 6) is -0.850. The molecule has 0 aromatic heterocycles. The molecule has 1 aromatic rings. The number of nitriles is 1. The number of carbonyl (C=O) groups is 1. The highest BCUT2D eigenvalue weighted by Crippen LogP contribution is 2.08. The number of primary amides is 1. The number of nitrogens with one attached hydrogen (secondary N) is 1. The Balaban J connectivity index is 2.76. The van der Waals surface area contributed by atoms with E-state index in [1.165, 1.54) is 0 Å². The molecule has 0 fully saturated rings. The maximum absolute atomic E-state index is 10.6. The van der Waals surface area contributed by atoms with Crippen molar-refractivity contribution in [3.8, 4) is 6.07 Å². The molecule has 5 heteroatoms. The fraction of sp³-hybridized carbons (Fsp3) is 0.100. The minimum absolute atomic E-state index is 0.351.